The van der Waals surface area contributed by atoms with Gasteiger partial charge in [0, 0.05) is 6.92 Å². The smallest absolute Gasteiger partial charge is 0.302 e. The fourth-order valence-corrected chi connectivity index (χ4v) is 0.630. The maximum absolute atomic E-state index is 10.3. The molecule has 5 nitrogen and oxygen atoms in total. The van der Waals surface area contributed by atoms with Crippen molar-refractivity contribution in [2.24, 2.45) is 0 Å². The lowest BCUT2D eigenvalue weighted by molar-refractivity contribution is -0.141. The molecule has 0 unspecified atom stereocenters. The quantitative estimate of drug-likeness (QED) is 0.569. The van der Waals surface area contributed by atoms with Gasteiger partial charge in [0.2, 0.25) is 0 Å². The highest BCUT2D eigenvalue weighted by molar-refractivity contribution is 5.65. The van der Waals surface area contributed by atoms with Gasteiger partial charge in [-0.1, -0.05) is 0 Å². The van der Waals surface area contributed by atoms with Crippen molar-refractivity contribution < 1.29 is 9.53 Å². The Labute approximate surface area is 64.0 Å². The lowest BCUT2D eigenvalue weighted by atomic mass is 10.7. The highest BCUT2D eigenvalue weighted by Crippen LogP contribution is 1.81. The zero-order valence-electron chi connectivity index (χ0n) is 6.23. The number of esters is 1. The van der Waals surface area contributed by atoms with E-state index in [0.29, 0.717) is 13.2 Å². The average Bonchev–Trinajstić information content (AvgIpc) is 2.39. The molecule has 11 heavy (non-hydrogen) atoms. The molecular formula is C6H9N3O2. The van der Waals surface area contributed by atoms with Crippen LogP contribution < -0.4 is 0 Å². The van der Waals surface area contributed by atoms with Gasteiger partial charge in [0.15, 0.2) is 0 Å². The third-order valence-electron chi connectivity index (χ3n) is 1.06. The van der Waals surface area contributed by atoms with E-state index in [1.165, 1.54) is 11.7 Å². The fraction of sp³-hybridized carbons (Fsp3) is 0.500. The molecule has 0 aromatic carbocycles. The molecule has 60 valence electrons. The Morgan fingerprint density at radius 2 is 2.18 bits per heavy atom. The molecular weight excluding hydrogens is 146 g/mol. The Balaban J connectivity index is 2.19. The highest BCUT2D eigenvalue weighted by Gasteiger charge is 1.93. The summed E-state index contributed by atoms with van der Waals surface area (Å²) >= 11 is 0. The van der Waals surface area contributed by atoms with Gasteiger partial charge >= 0.3 is 5.97 Å². The van der Waals surface area contributed by atoms with E-state index in [1.807, 2.05) is 0 Å². The molecule has 0 saturated carbocycles. The van der Waals surface area contributed by atoms with E-state index in [2.05, 4.69) is 14.9 Å². The summed E-state index contributed by atoms with van der Waals surface area (Å²) in [4.78, 5) is 11.8. The lowest BCUT2D eigenvalue weighted by Gasteiger charge is -1.99. The van der Waals surface area contributed by atoms with Gasteiger partial charge in [-0.25, -0.2) is 0 Å². The van der Waals surface area contributed by atoms with Gasteiger partial charge in [-0.05, 0) is 0 Å². The molecule has 0 N–H and O–H groups in total. The van der Waals surface area contributed by atoms with Crippen molar-refractivity contribution in [2.45, 2.75) is 13.5 Å². The van der Waals surface area contributed by atoms with E-state index >= 15 is 0 Å². The Hall–Kier alpha value is -1.39. The summed E-state index contributed by atoms with van der Waals surface area (Å²) in [6.07, 6.45) is 3.15. The Bertz CT molecular complexity index is 220. The number of carbonyl (C=O) groups excluding carboxylic acids is 1. The van der Waals surface area contributed by atoms with Crippen LogP contribution in [0.2, 0.25) is 0 Å². The number of rotatable bonds is 3. The van der Waals surface area contributed by atoms with Crippen molar-refractivity contribution >= 4 is 5.97 Å². The molecule has 1 aromatic heterocycles. The molecule has 0 aliphatic rings. The molecule has 0 radical (unpaired) electrons. The van der Waals surface area contributed by atoms with Crippen LogP contribution in [0.15, 0.2) is 12.4 Å². The Morgan fingerprint density at radius 3 is 2.73 bits per heavy atom. The van der Waals surface area contributed by atoms with Crippen molar-refractivity contribution in [1.29, 1.82) is 0 Å². The van der Waals surface area contributed by atoms with Crippen LogP contribution in [0.1, 0.15) is 6.92 Å². The van der Waals surface area contributed by atoms with Crippen molar-refractivity contribution in [3.05, 3.63) is 12.4 Å². The number of ether oxygens (including phenoxy) is 1. The molecule has 0 bridgehead atoms. The molecule has 0 amide bonds. The van der Waals surface area contributed by atoms with Gasteiger partial charge in [0.25, 0.3) is 0 Å². The maximum Gasteiger partial charge on any atom is 0.302 e. The first kappa shape index (κ1) is 7.71. The second-order valence-corrected chi connectivity index (χ2v) is 1.97. The third-order valence-corrected chi connectivity index (χ3v) is 1.06. The molecule has 1 heterocycles. The summed E-state index contributed by atoms with van der Waals surface area (Å²) in [5, 5.41) is 7.65. The first-order chi connectivity index (χ1) is 5.29. The first-order valence-electron chi connectivity index (χ1n) is 3.26. The van der Waals surface area contributed by atoms with Gasteiger partial charge in [-0.2, -0.15) is 15.0 Å². The predicted molar refractivity (Wildman–Crippen MR) is 36.7 cm³/mol. The maximum atomic E-state index is 10.3. The van der Waals surface area contributed by atoms with Crippen LogP contribution >= 0.6 is 0 Å². The zero-order chi connectivity index (χ0) is 8.10. The Kier molecular flexibility index (Phi) is 2.59. The minimum atomic E-state index is -0.280. The zero-order valence-corrected chi connectivity index (χ0v) is 6.23. The van der Waals surface area contributed by atoms with Crippen molar-refractivity contribution in [3.8, 4) is 0 Å². The second kappa shape index (κ2) is 3.70. The third kappa shape index (κ3) is 2.79. The number of hydrogen-bond acceptors (Lipinski definition) is 4. The van der Waals surface area contributed by atoms with Crippen LogP contribution in [-0.2, 0) is 16.1 Å². The minimum absolute atomic E-state index is 0.280. The monoisotopic (exact) mass is 155 g/mol. The molecule has 0 saturated heterocycles. The molecule has 0 aliphatic heterocycles. The van der Waals surface area contributed by atoms with Crippen LogP contribution in [0.3, 0.4) is 0 Å². The van der Waals surface area contributed by atoms with Crippen LogP contribution in [0.5, 0.6) is 0 Å². The molecule has 0 aliphatic carbocycles. The van der Waals surface area contributed by atoms with Crippen molar-refractivity contribution in [3.63, 3.8) is 0 Å². The fourth-order valence-electron chi connectivity index (χ4n) is 0.630. The molecule has 1 aromatic rings. The lowest BCUT2D eigenvalue weighted by Crippen LogP contribution is -2.10. The summed E-state index contributed by atoms with van der Waals surface area (Å²) in [6, 6.07) is 0. The predicted octanol–water partition coefficient (Wildman–Crippen LogP) is -0.159. The van der Waals surface area contributed by atoms with E-state index < -0.39 is 0 Å². The second-order valence-electron chi connectivity index (χ2n) is 1.97. The number of nitrogens with zero attached hydrogens (tertiary/aromatic N) is 3. The van der Waals surface area contributed by atoms with Gasteiger partial charge in [-0.3, -0.25) is 4.79 Å². The van der Waals surface area contributed by atoms with E-state index in [0.717, 1.165) is 0 Å². The largest absolute Gasteiger partial charge is 0.464 e. The van der Waals surface area contributed by atoms with E-state index in [9.17, 15) is 4.79 Å². The van der Waals surface area contributed by atoms with E-state index in [-0.39, 0.29) is 5.97 Å². The highest BCUT2D eigenvalue weighted by atomic mass is 16.5. The van der Waals surface area contributed by atoms with E-state index in [1.54, 1.807) is 12.4 Å². The SMILES string of the molecule is CC(=O)OCCn1nccn1. The van der Waals surface area contributed by atoms with Gasteiger partial charge in [-0.15, -0.1) is 0 Å². The van der Waals surface area contributed by atoms with E-state index in [4.69, 9.17) is 0 Å². The summed E-state index contributed by atoms with van der Waals surface area (Å²) in [5.74, 6) is -0.280. The van der Waals surface area contributed by atoms with Gasteiger partial charge in [0.1, 0.15) is 6.61 Å². The summed E-state index contributed by atoms with van der Waals surface area (Å²) in [7, 11) is 0. The normalized spacial score (nSPS) is 9.55. The molecule has 5 heteroatoms. The average molecular weight is 155 g/mol. The topological polar surface area (TPSA) is 57.0 Å². The number of aromatic nitrogens is 3. The van der Waals surface area contributed by atoms with Crippen LogP contribution in [0, 0.1) is 0 Å². The molecule has 0 fully saturated rings. The standard InChI is InChI=1S/C6H9N3O2/c1-6(10)11-5-4-9-7-2-3-8-9/h2-3H,4-5H2,1H3. The molecule has 0 atom stereocenters. The Morgan fingerprint density at radius 1 is 1.55 bits per heavy atom. The first-order valence-corrected chi connectivity index (χ1v) is 3.26. The van der Waals surface area contributed by atoms with Crippen LogP contribution in [-0.4, -0.2) is 27.6 Å². The summed E-state index contributed by atoms with van der Waals surface area (Å²) < 4.78 is 4.68. The van der Waals surface area contributed by atoms with Crippen LogP contribution in [0.4, 0.5) is 0 Å². The number of hydrogen-bond donors (Lipinski definition) is 0. The van der Waals surface area contributed by atoms with Gasteiger partial charge in [0.05, 0.1) is 18.9 Å². The number of carbonyl (C=O) groups is 1. The summed E-state index contributed by atoms with van der Waals surface area (Å²) in [5.41, 5.74) is 0. The minimum Gasteiger partial charge on any atom is -0.464 e. The summed E-state index contributed by atoms with van der Waals surface area (Å²) in [6.45, 7) is 2.20. The van der Waals surface area contributed by atoms with Crippen molar-refractivity contribution in [1.82, 2.24) is 15.0 Å². The molecule has 0 spiro atoms. The van der Waals surface area contributed by atoms with Gasteiger partial charge < -0.3 is 4.74 Å². The van der Waals surface area contributed by atoms with Crippen molar-refractivity contribution in [2.75, 3.05) is 6.61 Å². The molecule has 1 rings (SSSR count). The van der Waals surface area contributed by atoms with Crippen LogP contribution in [0.25, 0.3) is 0 Å².